The molecule has 1 aromatic carbocycles. The van der Waals surface area contributed by atoms with E-state index in [1.165, 1.54) is 0 Å². The molecule has 2 aromatic rings. The first-order valence-electron chi connectivity index (χ1n) is 8.72. The van der Waals surface area contributed by atoms with Gasteiger partial charge in [0.05, 0.1) is 30.0 Å². The van der Waals surface area contributed by atoms with Gasteiger partial charge in [-0.2, -0.15) is 0 Å². The normalized spacial score (nSPS) is 14.1. The lowest BCUT2D eigenvalue weighted by Crippen LogP contribution is -2.41. The van der Waals surface area contributed by atoms with E-state index in [0.717, 1.165) is 14.2 Å². The minimum atomic E-state index is -0.170. The van der Waals surface area contributed by atoms with E-state index in [0.29, 0.717) is 45.0 Å². The number of rotatable bonds is 5. The van der Waals surface area contributed by atoms with E-state index < -0.39 is 0 Å². The number of ether oxygens (including phenoxy) is 1. The Morgan fingerprint density at radius 3 is 2.52 bits per heavy atom. The van der Waals surface area contributed by atoms with Crippen LogP contribution in [0.3, 0.4) is 0 Å². The van der Waals surface area contributed by atoms with Crippen LogP contribution in [0.1, 0.15) is 10.4 Å². The molecule has 27 heavy (non-hydrogen) atoms. The third-order valence-electron chi connectivity index (χ3n) is 4.29. The zero-order chi connectivity index (χ0) is 19.2. The lowest BCUT2D eigenvalue weighted by atomic mass is 10.1. The molecule has 3 amide bonds. The van der Waals surface area contributed by atoms with Gasteiger partial charge in [-0.3, -0.25) is 4.79 Å². The second-order valence-electron chi connectivity index (χ2n) is 6.36. The first-order valence-corrected chi connectivity index (χ1v) is 10.3. The number of carbonyl (C=O) groups is 2. The Morgan fingerprint density at radius 1 is 1.19 bits per heavy atom. The molecule has 0 atom stereocenters. The molecule has 0 aliphatic carbocycles. The van der Waals surface area contributed by atoms with Gasteiger partial charge < -0.3 is 19.9 Å². The highest BCUT2D eigenvalue weighted by Gasteiger charge is 2.17. The molecule has 1 aromatic heterocycles. The van der Waals surface area contributed by atoms with Gasteiger partial charge in [0.15, 0.2) is 0 Å². The fraction of sp³-hybridized carbons (Fsp3) is 0.368. The minimum absolute atomic E-state index is 0.108. The Bertz CT molecular complexity index is 788. The highest BCUT2D eigenvalue weighted by Crippen LogP contribution is 2.23. The fourth-order valence-electron chi connectivity index (χ4n) is 2.77. The molecule has 8 heteroatoms. The summed E-state index contributed by atoms with van der Waals surface area (Å²) < 4.78 is 6.32. The molecule has 3 rings (SSSR count). The third kappa shape index (κ3) is 5.79. The highest BCUT2D eigenvalue weighted by molar-refractivity contribution is 9.11. The van der Waals surface area contributed by atoms with Crippen molar-refractivity contribution in [3.05, 3.63) is 50.6 Å². The van der Waals surface area contributed by atoms with E-state index >= 15 is 0 Å². The Labute approximate surface area is 171 Å². The second kappa shape index (κ2) is 9.34. The number of thiophene rings is 1. The van der Waals surface area contributed by atoms with Crippen molar-refractivity contribution in [2.75, 3.05) is 38.7 Å². The number of hydrogen-bond acceptors (Lipinski definition) is 4. The van der Waals surface area contributed by atoms with Crippen molar-refractivity contribution >= 4 is 44.9 Å². The zero-order valence-electron chi connectivity index (χ0n) is 15.1. The molecular formula is C19H22BrN3O3S. The molecule has 1 N–H and O–H groups in total. The van der Waals surface area contributed by atoms with Crippen molar-refractivity contribution in [3.63, 3.8) is 0 Å². The van der Waals surface area contributed by atoms with Crippen molar-refractivity contribution in [1.82, 2.24) is 9.80 Å². The quantitative estimate of drug-likeness (QED) is 0.755. The van der Waals surface area contributed by atoms with E-state index in [-0.39, 0.29) is 11.9 Å². The molecule has 1 aliphatic heterocycles. The van der Waals surface area contributed by atoms with Crippen LogP contribution in [-0.4, -0.2) is 55.1 Å². The van der Waals surface area contributed by atoms with Crippen LogP contribution in [0.4, 0.5) is 10.5 Å². The summed E-state index contributed by atoms with van der Waals surface area (Å²) in [6.45, 7) is 3.06. The smallest absolute Gasteiger partial charge is 0.321 e. The second-order valence-corrected chi connectivity index (χ2v) is 8.91. The first-order chi connectivity index (χ1) is 13.0. The summed E-state index contributed by atoms with van der Waals surface area (Å²) in [6.07, 6.45) is 0.362. The summed E-state index contributed by atoms with van der Waals surface area (Å²) >= 11 is 5.04. The summed E-state index contributed by atoms with van der Waals surface area (Å²) in [4.78, 5) is 29.2. The van der Waals surface area contributed by atoms with E-state index in [9.17, 15) is 9.59 Å². The number of benzene rings is 1. The average molecular weight is 452 g/mol. The molecule has 1 fully saturated rings. The van der Waals surface area contributed by atoms with Gasteiger partial charge in [0, 0.05) is 30.7 Å². The SMILES string of the molecule is CN(Cc1ccc(Br)s1)C(=O)Nc1ccc(CC(=O)N2CCOCC2)cc1. The maximum absolute atomic E-state index is 12.3. The van der Waals surface area contributed by atoms with Crippen LogP contribution in [0.25, 0.3) is 0 Å². The first kappa shape index (κ1) is 19.9. The van der Waals surface area contributed by atoms with Crippen molar-refractivity contribution in [3.8, 4) is 0 Å². The average Bonchev–Trinajstić information content (AvgIpc) is 3.08. The number of nitrogens with one attached hydrogen (secondary N) is 1. The van der Waals surface area contributed by atoms with Gasteiger partial charge >= 0.3 is 6.03 Å². The number of carbonyl (C=O) groups excluding carboxylic acids is 2. The van der Waals surface area contributed by atoms with E-state index in [1.807, 2.05) is 41.3 Å². The van der Waals surface area contributed by atoms with Crippen molar-refractivity contribution < 1.29 is 14.3 Å². The predicted molar refractivity (Wildman–Crippen MR) is 110 cm³/mol. The molecule has 0 unspecified atom stereocenters. The Balaban J connectivity index is 1.50. The van der Waals surface area contributed by atoms with Crippen LogP contribution in [-0.2, 0) is 22.5 Å². The van der Waals surface area contributed by atoms with Crippen molar-refractivity contribution in [2.45, 2.75) is 13.0 Å². The largest absolute Gasteiger partial charge is 0.378 e. The Morgan fingerprint density at radius 2 is 1.89 bits per heavy atom. The van der Waals surface area contributed by atoms with Gasteiger partial charge in [-0.15, -0.1) is 11.3 Å². The molecule has 1 saturated heterocycles. The molecule has 0 bridgehead atoms. The van der Waals surface area contributed by atoms with Crippen molar-refractivity contribution in [2.24, 2.45) is 0 Å². The predicted octanol–water partition coefficient (Wildman–Crippen LogP) is 3.58. The number of urea groups is 1. The maximum atomic E-state index is 12.3. The summed E-state index contributed by atoms with van der Waals surface area (Å²) in [7, 11) is 1.76. The van der Waals surface area contributed by atoms with Gasteiger partial charge in [0.25, 0.3) is 0 Å². The number of hydrogen-bond donors (Lipinski definition) is 1. The van der Waals surface area contributed by atoms with E-state index in [2.05, 4.69) is 21.2 Å². The number of amides is 3. The summed E-state index contributed by atoms with van der Waals surface area (Å²) in [6, 6.07) is 11.2. The summed E-state index contributed by atoms with van der Waals surface area (Å²) in [5, 5.41) is 2.88. The fourth-order valence-corrected chi connectivity index (χ4v) is 4.30. The number of nitrogens with zero attached hydrogens (tertiary/aromatic N) is 2. The zero-order valence-corrected chi connectivity index (χ0v) is 17.5. The number of halogens is 1. The third-order valence-corrected chi connectivity index (χ3v) is 5.90. The van der Waals surface area contributed by atoms with Crippen LogP contribution in [0, 0.1) is 0 Å². The Kier molecular flexibility index (Phi) is 6.87. The maximum Gasteiger partial charge on any atom is 0.321 e. The van der Waals surface area contributed by atoms with Crippen LogP contribution in [0.2, 0.25) is 0 Å². The number of morpholine rings is 1. The van der Waals surface area contributed by atoms with Gasteiger partial charge in [-0.05, 0) is 45.8 Å². The monoisotopic (exact) mass is 451 g/mol. The van der Waals surface area contributed by atoms with Crippen LogP contribution < -0.4 is 5.32 Å². The summed E-state index contributed by atoms with van der Waals surface area (Å²) in [5.74, 6) is 0.108. The topological polar surface area (TPSA) is 61.9 Å². The van der Waals surface area contributed by atoms with Crippen LogP contribution in [0.15, 0.2) is 40.2 Å². The standard InChI is InChI=1S/C19H22BrN3O3S/c1-22(13-16-6-7-17(20)27-16)19(25)21-15-4-2-14(3-5-15)12-18(24)23-8-10-26-11-9-23/h2-7H,8-13H2,1H3,(H,21,25). The van der Waals surface area contributed by atoms with Crippen LogP contribution >= 0.6 is 27.3 Å². The van der Waals surface area contributed by atoms with Gasteiger partial charge in [0.1, 0.15) is 0 Å². The van der Waals surface area contributed by atoms with Gasteiger partial charge in [-0.25, -0.2) is 4.79 Å². The molecule has 0 saturated carbocycles. The van der Waals surface area contributed by atoms with Crippen molar-refractivity contribution in [1.29, 1.82) is 0 Å². The molecule has 144 valence electrons. The van der Waals surface area contributed by atoms with Gasteiger partial charge in [-0.1, -0.05) is 12.1 Å². The molecule has 0 spiro atoms. The molecule has 6 nitrogen and oxygen atoms in total. The molecule has 0 radical (unpaired) electrons. The summed E-state index contributed by atoms with van der Waals surface area (Å²) in [5.41, 5.74) is 1.64. The Hall–Kier alpha value is -1.90. The van der Waals surface area contributed by atoms with E-state index in [1.54, 1.807) is 23.3 Å². The van der Waals surface area contributed by atoms with Gasteiger partial charge in [0.2, 0.25) is 5.91 Å². The lowest BCUT2D eigenvalue weighted by molar-refractivity contribution is -0.134. The molecular weight excluding hydrogens is 430 g/mol. The molecule has 1 aliphatic rings. The lowest BCUT2D eigenvalue weighted by Gasteiger charge is -2.26. The number of anilines is 1. The molecule has 2 heterocycles. The van der Waals surface area contributed by atoms with Crippen LogP contribution in [0.5, 0.6) is 0 Å². The highest BCUT2D eigenvalue weighted by atomic mass is 79.9. The van der Waals surface area contributed by atoms with E-state index in [4.69, 9.17) is 4.74 Å². The minimum Gasteiger partial charge on any atom is -0.378 e.